The van der Waals surface area contributed by atoms with Gasteiger partial charge in [-0.25, -0.2) is 12.8 Å². The minimum absolute atomic E-state index is 0.172. The van der Waals surface area contributed by atoms with E-state index in [-0.39, 0.29) is 18.0 Å². The zero-order chi connectivity index (χ0) is 18.2. The van der Waals surface area contributed by atoms with Gasteiger partial charge in [0.2, 0.25) is 10.0 Å². The van der Waals surface area contributed by atoms with Crippen LogP contribution in [0.25, 0.3) is 0 Å². The van der Waals surface area contributed by atoms with Gasteiger partial charge in [-0.3, -0.25) is 0 Å². The van der Waals surface area contributed by atoms with Crippen LogP contribution in [0, 0.1) is 12.7 Å². The van der Waals surface area contributed by atoms with Gasteiger partial charge in [-0.15, -0.1) is 0 Å². The van der Waals surface area contributed by atoms with Crippen molar-refractivity contribution >= 4 is 10.0 Å². The van der Waals surface area contributed by atoms with E-state index in [4.69, 9.17) is 9.47 Å². The lowest BCUT2D eigenvalue weighted by atomic mass is 10.0. The minimum Gasteiger partial charge on any atom is -0.493 e. The summed E-state index contributed by atoms with van der Waals surface area (Å²) in [7, 11) is -0.816. The van der Waals surface area contributed by atoms with Gasteiger partial charge in [0.05, 0.1) is 14.2 Å². The average Bonchev–Trinajstić information content (AvgIpc) is 2.61. The van der Waals surface area contributed by atoms with Gasteiger partial charge < -0.3 is 9.47 Å². The third-order valence-corrected chi connectivity index (χ3v) is 6.25. The van der Waals surface area contributed by atoms with Crippen LogP contribution in [0.15, 0.2) is 35.2 Å². The summed E-state index contributed by atoms with van der Waals surface area (Å²) in [5, 5.41) is 0. The second-order valence-corrected chi connectivity index (χ2v) is 7.90. The summed E-state index contributed by atoms with van der Waals surface area (Å²) in [5.74, 6) is 0.424. The Bertz CT molecular complexity index is 912. The highest BCUT2D eigenvalue weighted by atomic mass is 32.2. The van der Waals surface area contributed by atoms with Crippen molar-refractivity contribution in [3.05, 3.63) is 52.8 Å². The van der Waals surface area contributed by atoms with Crippen LogP contribution in [0.2, 0.25) is 0 Å². The molecule has 0 unspecified atom stereocenters. The molecule has 0 N–H and O–H groups in total. The Labute approximate surface area is 147 Å². The molecular weight excluding hydrogens is 345 g/mol. The number of ether oxygens (including phenoxy) is 2. The molecule has 1 heterocycles. The number of sulfonamides is 1. The number of benzene rings is 2. The molecule has 1 aliphatic heterocycles. The van der Waals surface area contributed by atoms with E-state index in [1.807, 2.05) is 6.07 Å². The van der Waals surface area contributed by atoms with Crippen LogP contribution in [0.5, 0.6) is 11.5 Å². The molecule has 0 saturated heterocycles. The monoisotopic (exact) mass is 365 g/mol. The molecule has 134 valence electrons. The number of halogens is 1. The number of hydrogen-bond donors (Lipinski definition) is 0. The summed E-state index contributed by atoms with van der Waals surface area (Å²) in [4.78, 5) is -0.281. The predicted molar refractivity (Wildman–Crippen MR) is 92.0 cm³/mol. The van der Waals surface area contributed by atoms with E-state index in [1.165, 1.54) is 23.5 Å². The molecular formula is C18H20FNO4S. The number of fused-ring (bicyclic) bond motifs is 1. The molecule has 0 fully saturated rings. The van der Waals surface area contributed by atoms with Crippen molar-refractivity contribution in [2.45, 2.75) is 24.8 Å². The number of rotatable bonds is 4. The topological polar surface area (TPSA) is 55.8 Å². The highest BCUT2D eigenvalue weighted by Gasteiger charge is 2.31. The molecule has 3 rings (SSSR count). The lowest BCUT2D eigenvalue weighted by Gasteiger charge is -2.29. The van der Waals surface area contributed by atoms with Crippen LogP contribution < -0.4 is 9.47 Å². The third-order valence-electron chi connectivity index (χ3n) is 4.39. The normalized spacial score (nSPS) is 14.9. The van der Waals surface area contributed by atoms with E-state index in [0.29, 0.717) is 23.5 Å². The highest BCUT2D eigenvalue weighted by molar-refractivity contribution is 7.89. The Kier molecular flexibility index (Phi) is 4.71. The zero-order valence-corrected chi connectivity index (χ0v) is 15.2. The summed E-state index contributed by atoms with van der Waals surface area (Å²) in [6, 6.07) is 7.76. The molecule has 0 spiro atoms. The minimum atomic E-state index is -3.91. The first-order valence-electron chi connectivity index (χ1n) is 7.87. The van der Waals surface area contributed by atoms with E-state index >= 15 is 0 Å². The first-order valence-corrected chi connectivity index (χ1v) is 9.31. The Morgan fingerprint density at radius 3 is 2.32 bits per heavy atom. The fourth-order valence-electron chi connectivity index (χ4n) is 3.01. The van der Waals surface area contributed by atoms with Gasteiger partial charge >= 0.3 is 0 Å². The quantitative estimate of drug-likeness (QED) is 0.836. The molecule has 0 amide bonds. The molecule has 0 atom stereocenters. The number of methoxy groups -OCH3 is 2. The summed E-state index contributed by atoms with van der Waals surface area (Å²) in [5.41, 5.74) is 2.54. The predicted octanol–water partition coefficient (Wildman–Crippen LogP) is 2.90. The van der Waals surface area contributed by atoms with Gasteiger partial charge in [0, 0.05) is 13.1 Å². The second kappa shape index (κ2) is 6.65. The smallest absolute Gasteiger partial charge is 0.246 e. The van der Waals surface area contributed by atoms with Gasteiger partial charge in [-0.2, -0.15) is 4.31 Å². The highest BCUT2D eigenvalue weighted by Crippen LogP contribution is 2.34. The second-order valence-electron chi connectivity index (χ2n) is 6.00. The van der Waals surface area contributed by atoms with Crippen molar-refractivity contribution in [3.8, 4) is 11.5 Å². The molecule has 0 radical (unpaired) electrons. The molecule has 7 heteroatoms. The van der Waals surface area contributed by atoms with Crippen molar-refractivity contribution in [2.75, 3.05) is 20.8 Å². The van der Waals surface area contributed by atoms with Crippen LogP contribution in [-0.2, 0) is 23.0 Å². The SMILES string of the molecule is COc1cc2c(cc1OC)CN(S(=O)(=O)c1cc(C)ccc1F)CC2. The average molecular weight is 365 g/mol. The first-order chi connectivity index (χ1) is 11.9. The maximum absolute atomic E-state index is 14.1. The Morgan fingerprint density at radius 2 is 1.68 bits per heavy atom. The Hall–Kier alpha value is -2.12. The van der Waals surface area contributed by atoms with Gasteiger partial charge in [0.1, 0.15) is 10.7 Å². The van der Waals surface area contributed by atoms with Crippen molar-refractivity contribution in [2.24, 2.45) is 0 Å². The molecule has 2 aromatic carbocycles. The van der Waals surface area contributed by atoms with Crippen LogP contribution in [0.1, 0.15) is 16.7 Å². The van der Waals surface area contributed by atoms with Crippen LogP contribution in [0.3, 0.4) is 0 Å². The fourth-order valence-corrected chi connectivity index (χ4v) is 4.58. The third kappa shape index (κ3) is 3.21. The molecule has 25 heavy (non-hydrogen) atoms. The van der Waals surface area contributed by atoms with Crippen LogP contribution in [0.4, 0.5) is 4.39 Å². The van der Waals surface area contributed by atoms with Gasteiger partial charge in [-0.1, -0.05) is 6.07 Å². The van der Waals surface area contributed by atoms with Crippen molar-refractivity contribution in [1.29, 1.82) is 0 Å². The van der Waals surface area contributed by atoms with Crippen LogP contribution in [-0.4, -0.2) is 33.5 Å². The van der Waals surface area contributed by atoms with E-state index < -0.39 is 15.8 Å². The molecule has 0 aromatic heterocycles. The van der Waals surface area contributed by atoms with E-state index in [2.05, 4.69) is 0 Å². The lowest BCUT2D eigenvalue weighted by Crippen LogP contribution is -2.36. The Balaban J connectivity index is 1.98. The fraction of sp³-hybridized carbons (Fsp3) is 0.333. The maximum atomic E-state index is 14.1. The number of hydrogen-bond acceptors (Lipinski definition) is 4. The molecule has 1 aliphatic rings. The van der Waals surface area contributed by atoms with E-state index in [1.54, 1.807) is 26.2 Å². The van der Waals surface area contributed by atoms with Crippen molar-refractivity contribution in [3.63, 3.8) is 0 Å². The van der Waals surface area contributed by atoms with E-state index in [9.17, 15) is 12.8 Å². The first kappa shape index (κ1) is 17.7. The summed E-state index contributed by atoms with van der Waals surface area (Å²) < 4.78 is 51.7. The molecule has 0 saturated carbocycles. The standard InChI is InChI=1S/C18H20FNO4S/c1-12-4-5-15(19)18(8-12)25(21,22)20-7-6-13-9-16(23-2)17(24-3)10-14(13)11-20/h4-5,8-10H,6-7,11H2,1-3H3. The maximum Gasteiger partial charge on any atom is 0.246 e. The van der Waals surface area contributed by atoms with Crippen LogP contribution >= 0.6 is 0 Å². The Morgan fingerprint density at radius 1 is 1.04 bits per heavy atom. The van der Waals surface area contributed by atoms with E-state index in [0.717, 1.165) is 11.1 Å². The van der Waals surface area contributed by atoms with Gasteiger partial charge in [-0.05, 0) is 54.3 Å². The number of aryl methyl sites for hydroxylation is 1. The molecule has 5 nitrogen and oxygen atoms in total. The largest absolute Gasteiger partial charge is 0.493 e. The lowest BCUT2D eigenvalue weighted by molar-refractivity contribution is 0.348. The summed E-state index contributed by atoms with van der Waals surface area (Å²) >= 11 is 0. The summed E-state index contributed by atoms with van der Waals surface area (Å²) in [6.45, 7) is 2.20. The zero-order valence-electron chi connectivity index (χ0n) is 14.4. The molecule has 0 aliphatic carbocycles. The molecule has 2 aromatic rings. The van der Waals surface area contributed by atoms with Gasteiger partial charge in [0.25, 0.3) is 0 Å². The van der Waals surface area contributed by atoms with Crippen molar-refractivity contribution < 1.29 is 22.3 Å². The summed E-state index contributed by atoms with van der Waals surface area (Å²) in [6.07, 6.45) is 0.530. The molecule has 0 bridgehead atoms. The van der Waals surface area contributed by atoms with Gasteiger partial charge in [0.15, 0.2) is 11.5 Å². The number of nitrogens with zero attached hydrogens (tertiary/aromatic N) is 1. The van der Waals surface area contributed by atoms with Crippen molar-refractivity contribution in [1.82, 2.24) is 4.31 Å².